The summed E-state index contributed by atoms with van der Waals surface area (Å²) in [7, 11) is 0. The normalized spacial score (nSPS) is 26.9. The lowest BCUT2D eigenvalue weighted by atomic mass is 10.0. The van der Waals surface area contributed by atoms with Crippen molar-refractivity contribution in [3.05, 3.63) is 18.3 Å². The van der Waals surface area contributed by atoms with Crippen LogP contribution in [0.15, 0.2) is 18.3 Å². The number of rotatable bonds is 4. The van der Waals surface area contributed by atoms with Crippen molar-refractivity contribution < 1.29 is 4.74 Å². The Balaban J connectivity index is 1.41. The van der Waals surface area contributed by atoms with Gasteiger partial charge in [0.1, 0.15) is 5.82 Å². The summed E-state index contributed by atoms with van der Waals surface area (Å²) in [5.74, 6) is 0.886. The zero-order valence-electron chi connectivity index (χ0n) is 13.1. The number of ether oxygens (including phenoxy) is 1. The van der Waals surface area contributed by atoms with E-state index in [1.807, 2.05) is 12.1 Å². The lowest BCUT2D eigenvalue weighted by Crippen LogP contribution is -2.42. The largest absolute Gasteiger partial charge is 0.371 e. The molecule has 0 amide bonds. The van der Waals surface area contributed by atoms with Crippen LogP contribution in [-0.4, -0.2) is 52.5 Å². The van der Waals surface area contributed by atoms with Crippen molar-refractivity contribution in [1.29, 1.82) is 0 Å². The molecule has 116 valence electrons. The monoisotopic (exact) mass is 290 g/mol. The molecule has 0 aliphatic carbocycles. The van der Waals surface area contributed by atoms with Crippen molar-refractivity contribution in [2.45, 2.75) is 57.3 Å². The summed E-state index contributed by atoms with van der Waals surface area (Å²) in [5, 5.41) is 11.5. The molecule has 0 aromatic carbocycles. The van der Waals surface area contributed by atoms with Crippen LogP contribution in [0.1, 0.15) is 39.5 Å². The first-order valence-corrected chi connectivity index (χ1v) is 8.05. The Bertz CT molecular complexity index is 443. The van der Waals surface area contributed by atoms with Crippen LogP contribution in [-0.2, 0) is 4.74 Å². The number of aromatic nitrogens is 2. The van der Waals surface area contributed by atoms with Gasteiger partial charge in [0.15, 0.2) is 0 Å². The van der Waals surface area contributed by atoms with Gasteiger partial charge in [0.2, 0.25) is 0 Å². The molecule has 1 aromatic rings. The predicted molar refractivity (Wildman–Crippen MR) is 83.3 cm³/mol. The second kappa shape index (κ2) is 6.28. The van der Waals surface area contributed by atoms with Gasteiger partial charge >= 0.3 is 0 Å². The number of hydrogen-bond acceptors (Lipinski definition) is 5. The lowest BCUT2D eigenvalue weighted by Gasteiger charge is -2.34. The smallest absolute Gasteiger partial charge is 0.148 e. The van der Waals surface area contributed by atoms with Gasteiger partial charge in [-0.05, 0) is 51.7 Å². The van der Waals surface area contributed by atoms with Crippen LogP contribution < -0.4 is 5.32 Å². The van der Waals surface area contributed by atoms with E-state index in [-0.39, 0.29) is 5.60 Å². The van der Waals surface area contributed by atoms with E-state index in [2.05, 4.69) is 34.3 Å². The van der Waals surface area contributed by atoms with Gasteiger partial charge in [0, 0.05) is 31.9 Å². The second-order valence-corrected chi connectivity index (χ2v) is 6.87. The minimum absolute atomic E-state index is 0.0799. The Morgan fingerprint density at radius 3 is 2.76 bits per heavy atom. The van der Waals surface area contributed by atoms with E-state index in [1.54, 1.807) is 6.20 Å². The predicted octanol–water partition coefficient (Wildman–Crippen LogP) is 2.31. The van der Waals surface area contributed by atoms with E-state index in [4.69, 9.17) is 4.74 Å². The fraction of sp³-hybridized carbons (Fsp3) is 0.750. The third-order valence-corrected chi connectivity index (χ3v) is 4.53. The summed E-state index contributed by atoms with van der Waals surface area (Å²) in [6, 6.07) is 4.41. The molecule has 0 radical (unpaired) electrons. The fourth-order valence-corrected chi connectivity index (χ4v) is 3.34. The maximum Gasteiger partial charge on any atom is 0.148 e. The molecular weight excluding hydrogens is 264 g/mol. The van der Waals surface area contributed by atoms with Crippen LogP contribution in [0.25, 0.3) is 0 Å². The number of nitrogens with one attached hydrogen (secondary N) is 1. The molecule has 0 bridgehead atoms. The Morgan fingerprint density at radius 1 is 1.33 bits per heavy atom. The topological polar surface area (TPSA) is 50.3 Å². The quantitative estimate of drug-likeness (QED) is 0.922. The Hall–Kier alpha value is -1.20. The SMILES string of the molecule is CC1(C)CC[C@@H](CN2CCC(Nc3cccnn3)CC2)O1. The second-order valence-electron chi connectivity index (χ2n) is 6.87. The van der Waals surface area contributed by atoms with Crippen molar-refractivity contribution in [2.24, 2.45) is 0 Å². The standard InChI is InChI=1S/C16H26N4O/c1-16(2)8-5-14(21-16)12-20-10-6-13(7-11-20)18-15-4-3-9-17-19-15/h3-4,9,13-14H,5-8,10-12H2,1-2H3,(H,18,19)/t14-/m0/s1. The summed E-state index contributed by atoms with van der Waals surface area (Å²) in [6.07, 6.45) is 6.83. The van der Waals surface area contributed by atoms with E-state index in [0.717, 1.165) is 38.3 Å². The van der Waals surface area contributed by atoms with Crippen LogP contribution in [0.3, 0.4) is 0 Å². The average Bonchev–Trinajstić information content (AvgIpc) is 2.81. The summed E-state index contributed by atoms with van der Waals surface area (Å²) in [6.45, 7) is 7.76. The fourth-order valence-electron chi connectivity index (χ4n) is 3.34. The highest BCUT2D eigenvalue weighted by Crippen LogP contribution is 2.30. The zero-order chi connectivity index (χ0) is 14.7. The van der Waals surface area contributed by atoms with Gasteiger partial charge in [-0.2, -0.15) is 5.10 Å². The minimum Gasteiger partial charge on any atom is -0.371 e. The maximum atomic E-state index is 6.10. The molecule has 2 aliphatic heterocycles. The first-order valence-electron chi connectivity index (χ1n) is 8.05. The van der Waals surface area contributed by atoms with Gasteiger partial charge in [-0.25, -0.2) is 0 Å². The molecule has 0 spiro atoms. The number of hydrogen-bond donors (Lipinski definition) is 1. The number of likely N-dealkylation sites (tertiary alicyclic amines) is 1. The molecule has 3 heterocycles. The minimum atomic E-state index is 0.0799. The first kappa shape index (κ1) is 14.7. The van der Waals surface area contributed by atoms with Crippen molar-refractivity contribution >= 4 is 5.82 Å². The maximum absolute atomic E-state index is 6.10. The average molecular weight is 290 g/mol. The molecule has 3 rings (SSSR count). The van der Waals surface area contributed by atoms with Crippen molar-refractivity contribution in [3.8, 4) is 0 Å². The lowest BCUT2D eigenvalue weighted by molar-refractivity contribution is -0.0307. The molecule has 1 aromatic heterocycles. The number of piperidine rings is 1. The van der Waals surface area contributed by atoms with Gasteiger partial charge in [0.25, 0.3) is 0 Å². The molecule has 21 heavy (non-hydrogen) atoms. The number of anilines is 1. The summed E-state index contributed by atoms with van der Waals surface area (Å²) in [4.78, 5) is 2.54. The molecule has 5 heteroatoms. The van der Waals surface area contributed by atoms with E-state index in [0.29, 0.717) is 12.1 Å². The van der Waals surface area contributed by atoms with Crippen LogP contribution in [0.4, 0.5) is 5.82 Å². The molecule has 5 nitrogen and oxygen atoms in total. The highest BCUT2D eigenvalue weighted by molar-refractivity contribution is 5.32. The molecule has 2 aliphatic rings. The van der Waals surface area contributed by atoms with Crippen LogP contribution in [0.5, 0.6) is 0 Å². The summed E-state index contributed by atoms with van der Waals surface area (Å²) >= 11 is 0. The summed E-state index contributed by atoms with van der Waals surface area (Å²) in [5.41, 5.74) is 0.0799. The molecule has 1 N–H and O–H groups in total. The van der Waals surface area contributed by atoms with Crippen LogP contribution in [0.2, 0.25) is 0 Å². The van der Waals surface area contributed by atoms with Gasteiger partial charge in [-0.1, -0.05) is 0 Å². The molecule has 2 saturated heterocycles. The van der Waals surface area contributed by atoms with E-state index in [9.17, 15) is 0 Å². The highest BCUT2D eigenvalue weighted by atomic mass is 16.5. The van der Waals surface area contributed by atoms with Crippen LogP contribution in [0, 0.1) is 0 Å². The van der Waals surface area contributed by atoms with Crippen molar-refractivity contribution in [1.82, 2.24) is 15.1 Å². The third-order valence-electron chi connectivity index (χ3n) is 4.53. The van der Waals surface area contributed by atoms with Crippen molar-refractivity contribution in [2.75, 3.05) is 25.0 Å². The first-order chi connectivity index (χ1) is 10.1. The van der Waals surface area contributed by atoms with E-state index >= 15 is 0 Å². The Morgan fingerprint density at radius 2 is 2.14 bits per heavy atom. The molecular formula is C16H26N4O. The van der Waals surface area contributed by atoms with Crippen molar-refractivity contribution in [3.63, 3.8) is 0 Å². The van der Waals surface area contributed by atoms with Gasteiger partial charge < -0.3 is 15.0 Å². The molecule has 1 atom stereocenters. The van der Waals surface area contributed by atoms with Gasteiger partial charge in [-0.15, -0.1) is 5.10 Å². The van der Waals surface area contributed by atoms with Gasteiger partial charge in [0.05, 0.1) is 11.7 Å². The third kappa shape index (κ3) is 4.14. The molecule has 2 fully saturated rings. The van der Waals surface area contributed by atoms with E-state index in [1.165, 1.54) is 12.8 Å². The van der Waals surface area contributed by atoms with Gasteiger partial charge in [-0.3, -0.25) is 0 Å². The molecule has 0 saturated carbocycles. The molecule has 0 unspecified atom stereocenters. The summed E-state index contributed by atoms with van der Waals surface area (Å²) < 4.78 is 6.10. The Labute approximate surface area is 127 Å². The van der Waals surface area contributed by atoms with Crippen LogP contribution >= 0.6 is 0 Å². The highest BCUT2D eigenvalue weighted by Gasteiger charge is 2.33. The Kier molecular flexibility index (Phi) is 4.40. The number of nitrogens with zero attached hydrogens (tertiary/aromatic N) is 3. The zero-order valence-corrected chi connectivity index (χ0v) is 13.1. The van der Waals surface area contributed by atoms with E-state index < -0.39 is 0 Å².